The number of nitrogens with zero attached hydrogens (tertiary/aromatic N) is 2. The van der Waals surface area contributed by atoms with E-state index < -0.39 is 11.2 Å². The van der Waals surface area contributed by atoms with E-state index in [9.17, 15) is 9.59 Å². The minimum atomic E-state index is -0.917. The van der Waals surface area contributed by atoms with E-state index in [0.717, 1.165) is 52.4 Å². The van der Waals surface area contributed by atoms with Gasteiger partial charge in [0.2, 0.25) is 0 Å². The molecule has 5 nitrogen and oxygen atoms in total. The van der Waals surface area contributed by atoms with Crippen molar-refractivity contribution in [2.24, 2.45) is 0 Å². The van der Waals surface area contributed by atoms with Gasteiger partial charge in [0, 0.05) is 11.4 Å². The summed E-state index contributed by atoms with van der Waals surface area (Å²) < 4.78 is 1.57. The fraction of sp³-hybridized carbons (Fsp3) is 0.438. The van der Waals surface area contributed by atoms with Crippen molar-refractivity contribution in [2.75, 3.05) is 0 Å². The molecule has 0 bridgehead atoms. The van der Waals surface area contributed by atoms with E-state index in [4.69, 9.17) is 5.11 Å². The van der Waals surface area contributed by atoms with Gasteiger partial charge in [-0.1, -0.05) is 23.9 Å². The molecule has 0 amide bonds. The maximum atomic E-state index is 13.0. The lowest BCUT2D eigenvalue weighted by Crippen LogP contribution is -2.25. The number of hydrogen-bond donors (Lipinski definition) is 1. The molecule has 2 aromatic rings. The largest absolute Gasteiger partial charge is 0.480 e. The first-order valence-corrected chi connectivity index (χ1v) is 9.17. The number of thiophene rings is 1. The number of aromatic nitrogens is 2. The molecule has 1 N–H and O–H groups in total. The van der Waals surface area contributed by atoms with Crippen LogP contribution in [-0.2, 0) is 24.2 Å². The Morgan fingerprint density at radius 1 is 1.52 bits per heavy atom. The lowest BCUT2D eigenvalue weighted by Gasteiger charge is -2.13. The number of aryl methyl sites for hydroxylation is 2. The van der Waals surface area contributed by atoms with E-state index in [1.54, 1.807) is 22.8 Å². The predicted molar refractivity (Wildman–Crippen MR) is 93.7 cm³/mol. The van der Waals surface area contributed by atoms with Crippen molar-refractivity contribution in [3.63, 3.8) is 0 Å². The van der Waals surface area contributed by atoms with E-state index in [2.05, 4.69) is 11.6 Å². The Balaban J connectivity index is 2.19. The number of carboxylic acids is 1. The molecule has 0 saturated carbocycles. The van der Waals surface area contributed by atoms with Gasteiger partial charge < -0.3 is 5.11 Å². The van der Waals surface area contributed by atoms with Gasteiger partial charge in [0.05, 0.1) is 5.39 Å². The van der Waals surface area contributed by atoms with Gasteiger partial charge in [-0.2, -0.15) is 0 Å². The van der Waals surface area contributed by atoms with Crippen LogP contribution in [0.15, 0.2) is 22.1 Å². The van der Waals surface area contributed by atoms with Crippen LogP contribution in [-0.4, -0.2) is 25.9 Å². The lowest BCUT2D eigenvalue weighted by atomic mass is 10.2. The molecular weight excluding hydrogens is 332 g/mol. The normalized spacial score (nSPS) is 14.9. The second-order valence-corrected chi connectivity index (χ2v) is 8.27. The molecular formula is C16H18N2O3S2. The van der Waals surface area contributed by atoms with Gasteiger partial charge in [-0.25, -0.2) is 4.98 Å². The van der Waals surface area contributed by atoms with E-state index in [0.29, 0.717) is 11.7 Å². The van der Waals surface area contributed by atoms with Crippen LogP contribution in [0.1, 0.15) is 30.7 Å². The number of rotatable bonds is 5. The van der Waals surface area contributed by atoms with Crippen molar-refractivity contribution in [3.05, 3.63) is 32.9 Å². The van der Waals surface area contributed by atoms with Crippen molar-refractivity contribution < 1.29 is 9.90 Å². The minimum absolute atomic E-state index is 0.0718. The van der Waals surface area contributed by atoms with Crippen LogP contribution in [0.5, 0.6) is 0 Å². The zero-order valence-electron chi connectivity index (χ0n) is 13.1. The third-order valence-electron chi connectivity index (χ3n) is 3.85. The van der Waals surface area contributed by atoms with Crippen molar-refractivity contribution in [1.29, 1.82) is 0 Å². The van der Waals surface area contributed by atoms with Crippen LogP contribution in [0.2, 0.25) is 0 Å². The number of thioether (sulfide) groups is 1. The maximum absolute atomic E-state index is 13.0. The minimum Gasteiger partial charge on any atom is -0.480 e. The van der Waals surface area contributed by atoms with Crippen LogP contribution >= 0.6 is 23.1 Å². The van der Waals surface area contributed by atoms with E-state index in [1.165, 1.54) is 4.88 Å². The Morgan fingerprint density at radius 2 is 2.26 bits per heavy atom. The molecule has 23 heavy (non-hydrogen) atoms. The van der Waals surface area contributed by atoms with Gasteiger partial charge >= 0.3 is 5.97 Å². The van der Waals surface area contributed by atoms with Gasteiger partial charge in [-0.3, -0.25) is 14.2 Å². The number of aliphatic carboxylic acids is 1. The van der Waals surface area contributed by atoms with E-state index in [-0.39, 0.29) is 5.56 Å². The van der Waals surface area contributed by atoms with Gasteiger partial charge in [-0.15, -0.1) is 11.3 Å². The lowest BCUT2D eigenvalue weighted by molar-refractivity contribution is -0.136. The molecule has 0 saturated heterocycles. The van der Waals surface area contributed by atoms with Crippen LogP contribution in [0.4, 0.5) is 0 Å². The second kappa shape index (κ2) is 6.13. The maximum Gasteiger partial charge on any atom is 0.316 e. The Hall–Kier alpha value is -1.60. The molecule has 0 fully saturated rings. The molecule has 3 rings (SSSR count). The summed E-state index contributed by atoms with van der Waals surface area (Å²) in [5.74, 6) is -0.917. The number of carboxylic acid groups (broad SMARTS) is 1. The van der Waals surface area contributed by atoms with E-state index >= 15 is 0 Å². The van der Waals surface area contributed by atoms with Gasteiger partial charge in [-0.05, 0) is 38.7 Å². The highest BCUT2D eigenvalue weighted by molar-refractivity contribution is 8.00. The van der Waals surface area contributed by atoms with E-state index in [1.807, 2.05) is 6.92 Å². The number of hydrogen-bond acceptors (Lipinski definition) is 5. The monoisotopic (exact) mass is 350 g/mol. The first-order chi connectivity index (χ1) is 10.9. The summed E-state index contributed by atoms with van der Waals surface area (Å²) in [4.78, 5) is 30.7. The summed E-state index contributed by atoms with van der Waals surface area (Å²) in [6, 6.07) is 0. The summed E-state index contributed by atoms with van der Waals surface area (Å²) in [7, 11) is 0. The quantitative estimate of drug-likeness (QED) is 0.510. The highest BCUT2D eigenvalue weighted by Crippen LogP contribution is 2.36. The summed E-state index contributed by atoms with van der Waals surface area (Å²) in [6.45, 7) is 7.69. The molecule has 2 heterocycles. The van der Waals surface area contributed by atoms with Crippen LogP contribution in [0.25, 0.3) is 10.2 Å². The molecule has 0 unspecified atom stereocenters. The van der Waals surface area contributed by atoms with Crippen molar-refractivity contribution in [2.45, 2.75) is 50.1 Å². The van der Waals surface area contributed by atoms with Crippen molar-refractivity contribution in [3.8, 4) is 0 Å². The zero-order chi connectivity index (χ0) is 16.7. The highest BCUT2D eigenvalue weighted by Gasteiger charge is 2.24. The molecule has 1 aliphatic carbocycles. The number of fused-ring (bicyclic) bond motifs is 3. The Bertz CT molecular complexity index is 866. The van der Waals surface area contributed by atoms with Crippen LogP contribution < -0.4 is 5.56 Å². The smallest absolute Gasteiger partial charge is 0.316 e. The standard InChI is InChI=1S/C16H18N2O3S2/c1-8(2)7-18-14(19)12-10-5-4-6-11(10)23-13(12)17-16(18)22-9(3)15(20)21/h9H,1,4-7H2,2-3H3,(H,20,21)/t9-/m0/s1. The van der Waals surface area contributed by atoms with Crippen LogP contribution in [0, 0.1) is 0 Å². The topological polar surface area (TPSA) is 72.2 Å². The fourth-order valence-corrected chi connectivity index (χ4v) is 4.91. The Labute approximate surface area is 142 Å². The predicted octanol–water partition coefficient (Wildman–Crippen LogP) is 3.09. The Morgan fingerprint density at radius 3 is 2.91 bits per heavy atom. The van der Waals surface area contributed by atoms with Crippen LogP contribution in [0.3, 0.4) is 0 Å². The zero-order valence-corrected chi connectivity index (χ0v) is 14.7. The van der Waals surface area contributed by atoms with Gasteiger partial charge in [0.1, 0.15) is 10.1 Å². The third kappa shape index (κ3) is 2.95. The highest BCUT2D eigenvalue weighted by atomic mass is 32.2. The molecule has 0 aromatic carbocycles. The number of allylic oxidation sites excluding steroid dienone is 1. The summed E-state index contributed by atoms with van der Waals surface area (Å²) >= 11 is 2.68. The summed E-state index contributed by atoms with van der Waals surface area (Å²) in [5, 5.41) is 9.66. The SMILES string of the molecule is C=C(C)Cn1c(S[C@@H](C)C(=O)O)nc2sc3c(c2c1=O)CCC3. The van der Waals surface area contributed by atoms with Gasteiger partial charge in [0.15, 0.2) is 5.16 Å². The van der Waals surface area contributed by atoms with Crippen molar-refractivity contribution >= 4 is 39.3 Å². The third-order valence-corrected chi connectivity index (χ3v) is 6.11. The summed E-state index contributed by atoms with van der Waals surface area (Å²) in [6.07, 6.45) is 3.02. The van der Waals surface area contributed by atoms with Gasteiger partial charge in [0.25, 0.3) is 5.56 Å². The number of carbonyl (C=O) groups is 1. The molecule has 1 aliphatic rings. The molecule has 2 aromatic heterocycles. The molecule has 0 aliphatic heterocycles. The van der Waals surface area contributed by atoms with Crippen molar-refractivity contribution in [1.82, 2.24) is 9.55 Å². The molecule has 0 spiro atoms. The summed E-state index contributed by atoms with van der Waals surface area (Å²) in [5.41, 5.74) is 1.91. The first kappa shape index (κ1) is 16.3. The average Bonchev–Trinajstić information content (AvgIpc) is 3.02. The molecule has 0 radical (unpaired) electrons. The fourth-order valence-electron chi connectivity index (χ4n) is 2.77. The first-order valence-electron chi connectivity index (χ1n) is 7.47. The Kier molecular flexibility index (Phi) is 4.33. The molecule has 1 atom stereocenters. The molecule has 7 heteroatoms. The average molecular weight is 350 g/mol. The second-order valence-electron chi connectivity index (χ2n) is 5.88. The molecule has 122 valence electrons.